The van der Waals surface area contributed by atoms with Crippen LogP contribution in [0.25, 0.3) is 0 Å². The van der Waals surface area contributed by atoms with Gasteiger partial charge >= 0.3 is 6.03 Å². The largest absolute Gasteiger partial charge is 0.335 e. The third-order valence-corrected chi connectivity index (χ3v) is 9.13. The molecule has 6 heteroatoms. The van der Waals surface area contributed by atoms with Gasteiger partial charge in [-0.1, -0.05) is 61.5 Å². The molecule has 2 aliphatic rings. The number of benzene rings is 2. The molecule has 4 N–H and O–H groups in total. The minimum absolute atomic E-state index is 0.0340. The van der Waals surface area contributed by atoms with Crippen molar-refractivity contribution in [3.63, 3.8) is 0 Å². The molecule has 0 radical (unpaired) electrons. The second-order valence-corrected chi connectivity index (χ2v) is 13.9. The summed E-state index contributed by atoms with van der Waals surface area (Å²) in [5, 5.41) is 7.30. The maximum absolute atomic E-state index is 13.8. The summed E-state index contributed by atoms with van der Waals surface area (Å²) in [6, 6.07) is 9.09. The SMILES string of the molecule is CCN(N)C(=O)Nc1ccc(C(=O)Nc2c3c(cc4c2C(C)(C)CCC4(C)C)C(C)(C)CCC3(C)C)cc1. The highest BCUT2D eigenvalue weighted by molar-refractivity contribution is 6.06. The Hall–Kier alpha value is -2.86. The van der Waals surface area contributed by atoms with E-state index < -0.39 is 0 Å². The summed E-state index contributed by atoms with van der Waals surface area (Å²) in [4.78, 5) is 25.9. The number of rotatable bonds is 4. The van der Waals surface area contributed by atoms with E-state index in [0.29, 0.717) is 17.8 Å². The average molecular weight is 519 g/mol. The van der Waals surface area contributed by atoms with E-state index in [1.165, 1.54) is 22.3 Å². The van der Waals surface area contributed by atoms with E-state index in [4.69, 9.17) is 5.84 Å². The molecule has 0 fully saturated rings. The molecule has 0 unspecified atom stereocenters. The Balaban J connectivity index is 1.81. The van der Waals surface area contributed by atoms with Crippen LogP contribution in [0.2, 0.25) is 0 Å². The number of carbonyl (C=O) groups excluding carboxylic acids is 2. The van der Waals surface area contributed by atoms with Gasteiger partial charge in [0.25, 0.3) is 5.91 Å². The number of urea groups is 1. The van der Waals surface area contributed by atoms with E-state index in [2.05, 4.69) is 72.1 Å². The van der Waals surface area contributed by atoms with Gasteiger partial charge in [-0.3, -0.25) is 9.80 Å². The molecular weight excluding hydrogens is 472 g/mol. The van der Waals surface area contributed by atoms with Crippen molar-refractivity contribution in [3.05, 3.63) is 58.1 Å². The Morgan fingerprint density at radius 1 is 0.763 bits per heavy atom. The lowest BCUT2D eigenvalue weighted by molar-refractivity contribution is 0.102. The van der Waals surface area contributed by atoms with Gasteiger partial charge in [-0.25, -0.2) is 10.6 Å². The summed E-state index contributed by atoms with van der Waals surface area (Å²) in [5.74, 6) is 5.55. The zero-order valence-corrected chi connectivity index (χ0v) is 24.8. The fourth-order valence-corrected chi connectivity index (χ4v) is 6.28. The molecule has 3 amide bonds. The monoisotopic (exact) mass is 518 g/mol. The molecule has 0 bridgehead atoms. The van der Waals surface area contributed by atoms with Crippen molar-refractivity contribution in [3.8, 4) is 0 Å². The lowest BCUT2D eigenvalue weighted by atomic mass is 9.56. The van der Waals surface area contributed by atoms with Gasteiger partial charge in [-0.05, 0) is 101 Å². The summed E-state index contributed by atoms with van der Waals surface area (Å²) < 4.78 is 0. The van der Waals surface area contributed by atoms with Gasteiger partial charge in [0.05, 0.1) is 0 Å². The van der Waals surface area contributed by atoms with Crippen molar-refractivity contribution in [2.75, 3.05) is 17.2 Å². The van der Waals surface area contributed by atoms with E-state index in [-0.39, 0.29) is 33.6 Å². The molecule has 0 spiro atoms. The number of nitrogens with two attached hydrogens (primary N) is 1. The van der Waals surface area contributed by atoms with Crippen molar-refractivity contribution in [1.29, 1.82) is 0 Å². The van der Waals surface area contributed by atoms with Crippen LogP contribution in [-0.2, 0) is 21.7 Å². The third-order valence-electron chi connectivity index (χ3n) is 9.13. The zero-order valence-electron chi connectivity index (χ0n) is 24.8. The molecule has 0 atom stereocenters. The van der Waals surface area contributed by atoms with Gasteiger partial charge < -0.3 is 10.6 Å². The molecule has 4 rings (SSSR count). The molecule has 2 aromatic carbocycles. The molecule has 0 saturated heterocycles. The first-order chi connectivity index (χ1) is 17.5. The first-order valence-electron chi connectivity index (χ1n) is 14.0. The van der Waals surface area contributed by atoms with Crippen LogP contribution in [0, 0.1) is 0 Å². The van der Waals surface area contributed by atoms with Gasteiger partial charge in [-0.15, -0.1) is 0 Å². The van der Waals surface area contributed by atoms with E-state index >= 15 is 0 Å². The quantitative estimate of drug-likeness (QED) is 0.224. The predicted molar refractivity (Wildman–Crippen MR) is 157 cm³/mol. The molecular formula is C32H46N4O2. The van der Waals surface area contributed by atoms with Crippen LogP contribution in [0.4, 0.5) is 16.2 Å². The smallest absolute Gasteiger partial charge is 0.321 e. The molecule has 0 aromatic heterocycles. The van der Waals surface area contributed by atoms with Gasteiger partial charge in [0.15, 0.2) is 0 Å². The molecule has 206 valence electrons. The molecule has 2 aromatic rings. The van der Waals surface area contributed by atoms with Gasteiger partial charge in [0.1, 0.15) is 0 Å². The summed E-state index contributed by atoms with van der Waals surface area (Å²) in [7, 11) is 0. The highest BCUT2D eigenvalue weighted by Crippen LogP contribution is 2.56. The highest BCUT2D eigenvalue weighted by Gasteiger charge is 2.46. The summed E-state index contributed by atoms with van der Waals surface area (Å²) in [6.45, 7) is 20.8. The van der Waals surface area contributed by atoms with Crippen molar-refractivity contribution in [1.82, 2.24) is 5.01 Å². The fourth-order valence-electron chi connectivity index (χ4n) is 6.28. The predicted octanol–water partition coefficient (Wildman–Crippen LogP) is 7.36. The van der Waals surface area contributed by atoms with Crippen molar-refractivity contribution < 1.29 is 9.59 Å². The zero-order chi connectivity index (χ0) is 28.3. The molecule has 2 aliphatic carbocycles. The maximum atomic E-state index is 13.8. The van der Waals surface area contributed by atoms with Crippen molar-refractivity contribution in [2.24, 2.45) is 5.84 Å². The van der Waals surface area contributed by atoms with Gasteiger partial charge in [0.2, 0.25) is 0 Å². The van der Waals surface area contributed by atoms with Crippen LogP contribution in [0.15, 0.2) is 30.3 Å². The number of anilines is 2. The normalized spacial score (nSPS) is 20.1. The minimum Gasteiger partial charge on any atom is -0.321 e. The second-order valence-electron chi connectivity index (χ2n) is 13.9. The van der Waals surface area contributed by atoms with Crippen LogP contribution >= 0.6 is 0 Å². The fraction of sp³-hybridized carbons (Fsp3) is 0.562. The van der Waals surface area contributed by atoms with E-state index in [1.54, 1.807) is 31.2 Å². The van der Waals surface area contributed by atoms with Gasteiger partial charge in [-0.2, -0.15) is 0 Å². The number of hydrogen-bond donors (Lipinski definition) is 3. The van der Waals surface area contributed by atoms with E-state index in [9.17, 15) is 9.59 Å². The number of nitrogens with one attached hydrogen (secondary N) is 2. The van der Waals surface area contributed by atoms with Crippen LogP contribution < -0.4 is 16.5 Å². The number of amides is 3. The number of hydrogen-bond acceptors (Lipinski definition) is 3. The first kappa shape index (κ1) is 28.2. The van der Waals surface area contributed by atoms with E-state index in [0.717, 1.165) is 36.4 Å². The maximum Gasteiger partial charge on any atom is 0.335 e. The van der Waals surface area contributed by atoms with Crippen LogP contribution in [0.1, 0.15) is 121 Å². The minimum atomic E-state index is -0.387. The van der Waals surface area contributed by atoms with Crippen molar-refractivity contribution in [2.45, 2.75) is 110 Å². The molecule has 6 nitrogen and oxygen atoms in total. The van der Waals surface area contributed by atoms with Crippen LogP contribution in [-0.4, -0.2) is 23.5 Å². The Bertz CT molecular complexity index is 1200. The molecule has 0 saturated carbocycles. The first-order valence-corrected chi connectivity index (χ1v) is 14.0. The second kappa shape index (κ2) is 9.41. The highest BCUT2D eigenvalue weighted by atomic mass is 16.2. The molecule has 0 heterocycles. The van der Waals surface area contributed by atoms with Crippen LogP contribution in [0.5, 0.6) is 0 Å². The Morgan fingerprint density at radius 3 is 1.66 bits per heavy atom. The summed E-state index contributed by atoms with van der Waals surface area (Å²) in [6.07, 6.45) is 4.38. The average Bonchev–Trinajstić information content (AvgIpc) is 2.84. The molecule has 38 heavy (non-hydrogen) atoms. The third kappa shape index (κ3) is 4.95. The summed E-state index contributed by atoms with van der Waals surface area (Å²) in [5.41, 5.74) is 7.43. The van der Waals surface area contributed by atoms with Gasteiger partial charge in [0, 0.05) is 23.5 Å². The number of fused-ring (bicyclic) bond motifs is 2. The van der Waals surface area contributed by atoms with Crippen LogP contribution in [0.3, 0.4) is 0 Å². The Kier molecular flexibility index (Phi) is 6.97. The number of hydrazine groups is 1. The number of carbonyl (C=O) groups is 2. The van der Waals surface area contributed by atoms with Crippen molar-refractivity contribution >= 4 is 23.3 Å². The number of nitrogens with zero attached hydrogens (tertiary/aromatic N) is 1. The summed E-state index contributed by atoms with van der Waals surface area (Å²) >= 11 is 0. The molecule has 0 aliphatic heterocycles. The van der Waals surface area contributed by atoms with E-state index in [1.807, 2.05) is 0 Å². The Labute approximate surface area is 228 Å². The Morgan fingerprint density at radius 2 is 1.21 bits per heavy atom. The topological polar surface area (TPSA) is 87.5 Å². The standard InChI is InChI=1S/C32H46N4O2/c1-10-36(33)28(38)34-21-13-11-20(12-14-21)27(37)35-26-24-22(29(2,3)15-17-31(24,6)7)19-23-25(26)32(8,9)18-16-30(23,4)5/h11-14,19H,10,15-18,33H2,1-9H3,(H,34,38)(H,35,37). The lowest BCUT2D eigenvalue weighted by Crippen LogP contribution is -2.41. The lowest BCUT2D eigenvalue weighted by Gasteiger charge is -2.49.